The Bertz CT molecular complexity index is 661. The first kappa shape index (κ1) is 16.4. The van der Waals surface area contributed by atoms with Crippen LogP contribution in [0.3, 0.4) is 0 Å². The van der Waals surface area contributed by atoms with Crippen LogP contribution >= 0.6 is 27.5 Å². The predicted octanol–water partition coefficient (Wildman–Crippen LogP) is 5.39. The van der Waals surface area contributed by atoms with Crippen LogP contribution in [-0.4, -0.2) is 6.54 Å². The smallest absolute Gasteiger partial charge is 0.134 e. The molecule has 1 atom stereocenters. The van der Waals surface area contributed by atoms with E-state index in [1.807, 2.05) is 6.92 Å². The van der Waals surface area contributed by atoms with E-state index in [0.717, 1.165) is 4.47 Å². The van der Waals surface area contributed by atoms with Gasteiger partial charge in [0.25, 0.3) is 0 Å². The first-order valence-corrected chi connectivity index (χ1v) is 7.75. The van der Waals surface area contributed by atoms with Crippen molar-refractivity contribution in [2.75, 3.05) is 6.54 Å². The van der Waals surface area contributed by atoms with Crippen LogP contribution in [0.25, 0.3) is 0 Å². The van der Waals surface area contributed by atoms with Crippen LogP contribution in [0.1, 0.15) is 29.7 Å². The number of aryl methyl sites for hydroxylation is 1. The average molecular weight is 375 g/mol. The summed E-state index contributed by atoms with van der Waals surface area (Å²) in [6.07, 6.45) is 0. The van der Waals surface area contributed by atoms with Crippen LogP contribution in [0.2, 0.25) is 5.02 Å². The molecule has 0 amide bonds. The fourth-order valence-corrected chi connectivity index (χ4v) is 2.91. The third-order valence-electron chi connectivity index (χ3n) is 3.29. The monoisotopic (exact) mass is 373 g/mol. The molecular weight excluding hydrogens is 360 g/mol. The Labute approximate surface area is 136 Å². The molecule has 0 heterocycles. The van der Waals surface area contributed by atoms with Gasteiger partial charge < -0.3 is 5.32 Å². The zero-order valence-electron chi connectivity index (χ0n) is 11.7. The van der Waals surface area contributed by atoms with E-state index < -0.39 is 17.7 Å². The summed E-state index contributed by atoms with van der Waals surface area (Å²) >= 11 is 9.45. The van der Waals surface area contributed by atoms with Gasteiger partial charge in [0.05, 0.1) is 6.04 Å². The Morgan fingerprint density at radius 1 is 1.24 bits per heavy atom. The summed E-state index contributed by atoms with van der Waals surface area (Å²) in [5, 5.41) is 3.64. The molecule has 1 unspecified atom stereocenters. The van der Waals surface area contributed by atoms with Gasteiger partial charge in [0.2, 0.25) is 0 Å². The number of halogens is 4. The molecule has 0 radical (unpaired) electrons. The molecule has 2 aromatic rings. The van der Waals surface area contributed by atoms with Gasteiger partial charge in [0, 0.05) is 15.1 Å². The first-order chi connectivity index (χ1) is 9.95. The van der Waals surface area contributed by atoms with Crippen LogP contribution in [0, 0.1) is 18.6 Å². The summed E-state index contributed by atoms with van der Waals surface area (Å²) in [4.78, 5) is 0. The van der Waals surface area contributed by atoms with Gasteiger partial charge in [0.1, 0.15) is 11.6 Å². The highest BCUT2D eigenvalue weighted by molar-refractivity contribution is 9.10. The summed E-state index contributed by atoms with van der Waals surface area (Å²) in [5.41, 5.74) is 1.13. The third kappa shape index (κ3) is 3.44. The van der Waals surface area contributed by atoms with Crippen LogP contribution < -0.4 is 5.32 Å². The van der Waals surface area contributed by atoms with Crippen molar-refractivity contribution >= 4 is 27.5 Å². The number of rotatable bonds is 4. The minimum Gasteiger partial charge on any atom is -0.306 e. The van der Waals surface area contributed by atoms with E-state index in [0.29, 0.717) is 22.7 Å². The maximum Gasteiger partial charge on any atom is 0.134 e. The molecule has 0 aromatic heterocycles. The molecule has 0 bridgehead atoms. The standard InChI is InChI=1S/C16H15BrClF2N/c1-3-21-16(11-8-10(18)5-6-12(11)17)14-13(19)7-4-9(2)15(14)20/h4-8,16,21H,3H2,1-2H3. The summed E-state index contributed by atoms with van der Waals surface area (Å²) in [6.45, 7) is 4.07. The second-order valence-electron chi connectivity index (χ2n) is 4.75. The minimum absolute atomic E-state index is 0.0137. The summed E-state index contributed by atoms with van der Waals surface area (Å²) in [5.74, 6) is -1.11. The van der Waals surface area contributed by atoms with Gasteiger partial charge >= 0.3 is 0 Å². The van der Waals surface area contributed by atoms with E-state index in [9.17, 15) is 8.78 Å². The van der Waals surface area contributed by atoms with E-state index >= 15 is 0 Å². The van der Waals surface area contributed by atoms with Crippen molar-refractivity contribution in [3.05, 3.63) is 68.2 Å². The number of benzene rings is 2. The predicted molar refractivity (Wildman–Crippen MR) is 85.8 cm³/mol. The zero-order valence-corrected chi connectivity index (χ0v) is 14.0. The Morgan fingerprint density at radius 3 is 2.62 bits per heavy atom. The van der Waals surface area contributed by atoms with Gasteiger partial charge in [0.15, 0.2) is 0 Å². The highest BCUT2D eigenvalue weighted by atomic mass is 79.9. The second kappa shape index (κ2) is 6.86. The minimum atomic E-state index is -0.608. The summed E-state index contributed by atoms with van der Waals surface area (Å²) in [7, 11) is 0. The average Bonchev–Trinajstić information content (AvgIpc) is 2.45. The normalized spacial score (nSPS) is 12.5. The molecule has 0 aliphatic carbocycles. The highest BCUT2D eigenvalue weighted by Crippen LogP contribution is 2.34. The highest BCUT2D eigenvalue weighted by Gasteiger charge is 2.24. The molecule has 5 heteroatoms. The molecule has 0 saturated carbocycles. The molecule has 0 spiro atoms. The van der Waals surface area contributed by atoms with Gasteiger partial charge in [-0.1, -0.05) is 40.5 Å². The number of nitrogens with one attached hydrogen (secondary N) is 1. The lowest BCUT2D eigenvalue weighted by molar-refractivity contribution is 0.506. The van der Waals surface area contributed by atoms with E-state index in [1.54, 1.807) is 25.1 Å². The van der Waals surface area contributed by atoms with Crippen LogP contribution in [-0.2, 0) is 0 Å². The van der Waals surface area contributed by atoms with E-state index in [1.165, 1.54) is 12.1 Å². The Hall–Kier alpha value is -0.970. The zero-order chi connectivity index (χ0) is 15.6. The maximum atomic E-state index is 14.4. The Morgan fingerprint density at radius 2 is 1.95 bits per heavy atom. The number of hydrogen-bond donors (Lipinski definition) is 1. The van der Waals surface area contributed by atoms with Crippen molar-refractivity contribution in [1.29, 1.82) is 0 Å². The van der Waals surface area contributed by atoms with Crippen molar-refractivity contribution < 1.29 is 8.78 Å². The lowest BCUT2D eigenvalue weighted by Gasteiger charge is -2.22. The summed E-state index contributed by atoms with van der Waals surface area (Å²) < 4.78 is 29.4. The number of hydrogen-bond acceptors (Lipinski definition) is 1. The van der Waals surface area contributed by atoms with Gasteiger partial charge in [-0.05, 0) is 48.9 Å². The topological polar surface area (TPSA) is 12.0 Å². The van der Waals surface area contributed by atoms with Crippen LogP contribution in [0.5, 0.6) is 0 Å². The van der Waals surface area contributed by atoms with Crippen molar-refractivity contribution in [1.82, 2.24) is 5.32 Å². The van der Waals surface area contributed by atoms with Crippen molar-refractivity contribution in [2.45, 2.75) is 19.9 Å². The van der Waals surface area contributed by atoms with Gasteiger partial charge in [-0.2, -0.15) is 0 Å². The fourth-order valence-electron chi connectivity index (χ4n) is 2.25. The maximum absolute atomic E-state index is 14.4. The van der Waals surface area contributed by atoms with E-state index in [2.05, 4.69) is 21.2 Å². The molecule has 0 saturated heterocycles. The molecule has 1 N–H and O–H groups in total. The van der Waals surface area contributed by atoms with Crippen molar-refractivity contribution in [2.24, 2.45) is 0 Å². The molecule has 112 valence electrons. The van der Waals surface area contributed by atoms with E-state index in [4.69, 9.17) is 11.6 Å². The largest absolute Gasteiger partial charge is 0.306 e. The Balaban J connectivity index is 2.64. The summed E-state index contributed by atoms with van der Waals surface area (Å²) in [6, 6.07) is 7.32. The lowest BCUT2D eigenvalue weighted by Crippen LogP contribution is -2.25. The molecule has 0 aliphatic rings. The van der Waals surface area contributed by atoms with E-state index in [-0.39, 0.29) is 5.56 Å². The van der Waals surface area contributed by atoms with Crippen molar-refractivity contribution in [3.63, 3.8) is 0 Å². The van der Waals surface area contributed by atoms with Crippen LogP contribution in [0.15, 0.2) is 34.8 Å². The Kier molecular flexibility index (Phi) is 5.36. The SMILES string of the molecule is CCNC(c1cc(Cl)ccc1Br)c1c(F)ccc(C)c1F. The molecular formula is C16H15BrClF2N. The molecule has 0 aliphatic heterocycles. The van der Waals surface area contributed by atoms with Crippen LogP contribution in [0.4, 0.5) is 8.78 Å². The molecule has 0 fully saturated rings. The molecule has 21 heavy (non-hydrogen) atoms. The third-order valence-corrected chi connectivity index (χ3v) is 4.24. The van der Waals surface area contributed by atoms with Gasteiger partial charge in [-0.3, -0.25) is 0 Å². The first-order valence-electron chi connectivity index (χ1n) is 6.58. The molecule has 2 rings (SSSR count). The quantitative estimate of drug-likeness (QED) is 0.757. The van der Waals surface area contributed by atoms with Crippen molar-refractivity contribution in [3.8, 4) is 0 Å². The molecule has 1 nitrogen and oxygen atoms in total. The van der Waals surface area contributed by atoms with Gasteiger partial charge in [-0.25, -0.2) is 8.78 Å². The molecule has 2 aromatic carbocycles. The fraction of sp³-hybridized carbons (Fsp3) is 0.250. The second-order valence-corrected chi connectivity index (χ2v) is 6.04. The van der Waals surface area contributed by atoms with Gasteiger partial charge in [-0.15, -0.1) is 0 Å². The lowest BCUT2D eigenvalue weighted by atomic mass is 9.96.